The third-order valence-corrected chi connectivity index (χ3v) is 5.96. The Balaban J connectivity index is 1.57. The largest absolute Gasteiger partial charge is 0.345 e. The summed E-state index contributed by atoms with van der Waals surface area (Å²) in [5, 5.41) is 6.50. The van der Waals surface area contributed by atoms with Gasteiger partial charge in [0, 0.05) is 42.4 Å². The maximum atomic E-state index is 12.7. The van der Waals surface area contributed by atoms with Gasteiger partial charge in [-0.05, 0) is 60.7 Å². The molecule has 0 aliphatic carbocycles. The van der Waals surface area contributed by atoms with Crippen molar-refractivity contribution in [1.82, 2.24) is 14.5 Å². The Bertz CT molecular complexity index is 1370. The summed E-state index contributed by atoms with van der Waals surface area (Å²) >= 11 is 9.79. The molecule has 0 aliphatic rings. The molecule has 0 atom stereocenters. The lowest BCUT2D eigenvalue weighted by atomic mass is 10.2. The third-order valence-electron chi connectivity index (χ3n) is 5.11. The Labute approximate surface area is 204 Å². The number of nitrogens with zero attached hydrogens (tertiary/aromatic N) is 3. The minimum atomic E-state index is -0.219. The van der Waals surface area contributed by atoms with Crippen molar-refractivity contribution in [3.05, 3.63) is 81.3 Å². The Morgan fingerprint density at radius 1 is 1.00 bits per heavy atom. The molecule has 168 valence electrons. The first-order valence-electron chi connectivity index (χ1n) is 10.0. The maximum absolute atomic E-state index is 12.7. The standard InChI is InChI=1S/C24H21BrClN5O2/c1-30(2)23(33)15-4-10-19(18(26)12-15)28-24-29-20-13-14(5-11-21(20)31(24)3)22(32)27-17-8-6-16(25)7-9-17/h4-13H,1-3H3,(H,27,32)(H,28,29). The highest BCUT2D eigenvalue weighted by Gasteiger charge is 2.15. The molecule has 0 spiro atoms. The number of benzene rings is 3. The van der Waals surface area contributed by atoms with Gasteiger partial charge < -0.3 is 20.1 Å². The number of carbonyl (C=O) groups is 2. The van der Waals surface area contributed by atoms with Crippen LogP contribution in [0.1, 0.15) is 20.7 Å². The fourth-order valence-electron chi connectivity index (χ4n) is 3.32. The number of carbonyl (C=O) groups excluding carboxylic acids is 2. The summed E-state index contributed by atoms with van der Waals surface area (Å²) in [6, 6.07) is 17.8. The van der Waals surface area contributed by atoms with Crippen LogP contribution in [0.25, 0.3) is 11.0 Å². The van der Waals surface area contributed by atoms with Crippen LogP contribution in [-0.4, -0.2) is 40.4 Å². The van der Waals surface area contributed by atoms with Crippen LogP contribution in [0.2, 0.25) is 5.02 Å². The quantitative estimate of drug-likeness (QED) is 0.350. The Kier molecular flexibility index (Phi) is 6.40. The van der Waals surface area contributed by atoms with Gasteiger partial charge in [0.05, 0.1) is 21.7 Å². The van der Waals surface area contributed by atoms with E-state index in [2.05, 4.69) is 31.5 Å². The van der Waals surface area contributed by atoms with E-state index in [0.717, 1.165) is 9.99 Å². The molecule has 0 aliphatic heterocycles. The number of hydrogen-bond acceptors (Lipinski definition) is 4. The van der Waals surface area contributed by atoms with E-state index in [1.54, 1.807) is 44.4 Å². The zero-order valence-corrected chi connectivity index (χ0v) is 20.5. The number of fused-ring (bicyclic) bond motifs is 1. The second-order valence-electron chi connectivity index (χ2n) is 7.68. The smallest absolute Gasteiger partial charge is 0.255 e. The predicted molar refractivity (Wildman–Crippen MR) is 136 cm³/mol. The van der Waals surface area contributed by atoms with E-state index in [1.807, 2.05) is 41.9 Å². The van der Waals surface area contributed by atoms with Crippen LogP contribution in [0, 0.1) is 0 Å². The van der Waals surface area contributed by atoms with Crippen LogP contribution < -0.4 is 10.6 Å². The van der Waals surface area contributed by atoms with Crippen molar-refractivity contribution in [3.8, 4) is 0 Å². The maximum Gasteiger partial charge on any atom is 0.255 e. The number of aromatic nitrogens is 2. The highest BCUT2D eigenvalue weighted by atomic mass is 79.9. The molecule has 1 heterocycles. The Morgan fingerprint density at radius 3 is 2.36 bits per heavy atom. The second-order valence-corrected chi connectivity index (χ2v) is 9.00. The highest BCUT2D eigenvalue weighted by Crippen LogP contribution is 2.28. The van der Waals surface area contributed by atoms with Crippen molar-refractivity contribution in [2.24, 2.45) is 7.05 Å². The van der Waals surface area contributed by atoms with Crippen LogP contribution >= 0.6 is 27.5 Å². The molecule has 2 amide bonds. The third kappa shape index (κ3) is 4.86. The van der Waals surface area contributed by atoms with Gasteiger partial charge in [-0.25, -0.2) is 4.98 Å². The van der Waals surface area contributed by atoms with Crippen LogP contribution in [0.5, 0.6) is 0 Å². The lowest BCUT2D eigenvalue weighted by molar-refractivity contribution is 0.0827. The van der Waals surface area contributed by atoms with Gasteiger partial charge in [0.1, 0.15) is 0 Å². The average molecular weight is 527 g/mol. The predicted octanol–water partition coefficient (Wildman–Crippen LogP) is 5.69. The minimum absolute atomic E-state index is 0.125. The first-order chi connectivity index (χ1) is 15.7. The molecule has 4 aromatic rings. The van der Waals surface area contributed by atoms with Crippen LogP contribution in [-0.2, 0) is 7.05 Å². The topological polar surface area (TPSA) is 79.3 Å². The first kappa shape index (κ1) is 22.8. The normalized spacial score (nSPS) is 10.8. The van der Waals surface area contributed by atoms with E-state index >= 15 is 0 Å². The van der Waals surface area contributed by atoms with E-state index in [-0.39, 0.29) is 11.8 Å². The molecule has 2 N–H and O–H groups in total. The lowest BCUT2D eigenvalue weighted by Gasteiger charge is -2.12. The summed E-state index contributed by atoms with van der Waals surface area (Å²) in [5.41, 5.74) is 3.85. The van der Waals surface area contributed by atoms with Crippen molar-refractivity contribution in [3.63, 3.8) is 0 Å². The lowest BCUT2D eigenvalue weighted by Crippen LogP contribution is -2.21. The number of hydrogen-bond donors (Lipinski definition) is 2. The number of nitrogens with one attached hydrogen (secondary N) is 2. The molecule has 0 saturated heterocycles. The highest BCUT2D eigenvalue weighted by molar-refractivity contribution is 9.10. The summed E-state index contributed by atoms with van der Waals surface area (Å²) < 4.78 is 2.82. The molecule has 0 fully saturated rings. The zero-order chi connectivity index (χ0) is 23.7. The number of rotatable bonds is 5. The van der Waals surface area contributed by atoms with Gasteiger partial charge in [0.15, 0.2) is 0 Å². The monoisotopic (exact) mass is 525 g/mol. The van der Waals surface area contributed by atoms with Crippen molar-refractivity contribution in [1.29, 1.82) is 0 Å². The van der Waals surface area contributed by atoms with Crippen LogP contribution in [0.15, 0.2) is 65.1 Å². The fourth-order valence-corrected chi connectivity index (χ4v) is 3.81. The van der Waals surface area contributed by atoms with Gasteiger partial charge in [-0.3, -0.25) is 9.59 Å². The van der Waals surface area contributed by atoms with E-state index < -0.39 is 0 Å². The molecule has 0 bridgehead atoms. The molecular formula is C24H21BrClN5O2. The van der Waals surface area contributed by atoms with E-state index in [4.69, 9.17) is 11.6 Å². The number of halogens is 2. The van der Waals surface area contributed by atoms with Crippen molar-refractivity contribution >= 4 is 67.7 Å². The van der Waals surface area contributed by atoms with Gasteiger partial charge in [-0.2, -0.15) is 0 Å². The Morgan fingerprint density at radius 2 is 1.70 bits per heavy atom. The molecule has 33 heavy (non-hydrogen) atoms. The summed E-state index contributed by atoms with van der Waals surface area (Å²) in [5.74, 6) is 0.216. The zero-order valence-electron chi connectivity index (χ0n) is 18.2. The Hall–Kier alpha value is -3.36. The molecule has 0 saturated carbocycles. The summed E-state index contributed by atoms with van der Waals surface area (Å²) in [6.45, 7) is 0. The number of aryl methyl sites for hydroxylation is 1. The molecule has 7 nitrogen and oxygen atoms in total. The van der Waals surface area contributed by atoms with E-state index in [0.29, 0.717) is 39.0 Å². The fraction of sp³-hybridized carbons (Fsp3) is 0.125. The van der Waals surface area contributed by atoms with Crippen LogP contribution in [0.4, 0.5) is 17.3 Å². The molecular weight excluding hydrogens is 506 g/mol. The number of imidazole rings is 1. The first-order valence-corrected chi connectivity index (χ1v) is 11.2. The molecule has 0 radical (unpaired) electrons. The second kappa shape index (κ2) is 9.25. The molecule has 0 unspecified atom stereocenters. The van der Waals surface area contributed by atoms with E-state index in [1.165, 1.54) is 4.90 Å². The average Bonchev–Trinajstić information content (AvgIpc) is 3.10. The van der Waals surface area contributed by atoms with E-state index in [9.17, 15) is 9.59 Å². The number of amides is 2. The van der Waals surface area contributed by atoms with Crippen molar-refractivity contribution < 1.29 is 9.59 Å². The summed E-state index contributed by atoms with van der Waals surface area (Å²) in [7, 11) is 5.25. The summed E-state index contributed by atoms with van der Waals surface area (Å²) in [4.78, 5) is 31.0. The van der Waals surface area contributed by atoms with Gasteiger partial charge in [0.2, 0.25) is 5.95 Å². The SMILES string of the molecule is CN(C)C(=O)c1ccc(Nc2nc3cc(C(=O)Nc4ccc(Br)cc4)ccc3n2C)c(Cl)c1. The molecule has 4 rings (SSSR count). The van der Waals surface area contributed by atoms with Gasteiger partial charge in [0.25, 0.3) is 11.8 Å². The van der Waals surface area contributed by atoms with Gasteiger partial charge in [-0.15, -0.1) is 0 Å². The number of anilines is 3. The molecule has 9 heteroatoms. The van der Waals surface area contributed by atoms with Crippen molar-refractivity contribution in [2.75, 3.05) is 24.7 Å². The minimum Gasteiger partial charge on any atom is -0.345 e. The van der Waals surface area contributed by atoms with Crippen LogP contribution in [0.3, 0.4) is 0 Å². The molecule has 3 aromatic carbocycles. The van der Waals surface area contributed by atoms with Gasteiger partial charge >= 0.3 is 0 Å². The van der Waals surface area contributed by atoms with Crippen molar-refractivity contribution in [2.45, 2.75) is 0 Å². The molecule has 1 aromatic heterocycles. The van der Waals surface area contributed by atoms with Gasteiger partial charge in [-0.1, -0.05) is 27.5 Å². The summed E-state index contributed by atoms with van der Waals surface area (Å²) in [6.07, 6.45) is 0.